The predicted molar refractivity (Wildman–Crippen MR) is 86.2 cm³/mol. The minimum absolute atomic E-state index is 0.107. The molecule has 0 saturated heterocycles. The molecular formula is C15H32N4O2. The molecule has 2 N–H and O–H groups in total. The van der Waals surface area contributed by atoms with Crippen LogP contribution in [0.15, 0.2) is 5.11 Å². The van der Waals surface area contributed by atoms with Crippen molar-refractivity contribution in [2.24, 2.45) is 10.8 Å². The van der Waals surface area contributed by atoms with Gasteiger partial charge in [-0.2, -0.15) is 0 Å². The molecule has 6 heteroatoms. The fraction of sp³-hybridized carbons (Fsp3) is 1.00. The van der Waals surface area contributed by atoms with Crippen LogP contribution in [0.5, 0.6) is 0 Å². The zero-order chi connectivity index (χ0) is 15.6. The first-order valence-electron chi connectivity index (χ1n) is 8.25. The Labute approximate surface area is 129 Å². The molecule has 124 valence electrons. The quantitative estimate of drug-likeness (QED) is 0.203. The molecule has 0 aliphatic rings. The van der Waals surface area contributed by atoms with Crippen molar-refractivity contribution in [3.05, 3.63) is 10.4 Å². The standard InChI is InChI=1S/C15H32N4O2/c1-2-3-4-5-6-7-8-9-15(21-12-10-16)14-20-13-11-18-19-17/h15H,2-14,16H2,1H3. The van der Waals surface area contributed by atoms with Gasteiger partial charge in [0.25, 0.3) is 0 Å². The molecule has 6 nitrogen and oxygen atoms in total. The second-order valence-electron chi connectivity index (χ2n) is 5.22. The van der Waals surface area contributed by atoms with Crippen LogP contribution in [0.3, 0.4) is 0 Å². The molecule has 0 aromatic heterocycles. The second-order valence-corrected chi connectivity index (χ2v) is 5.22. The van der Waals surface area contributed by atoms with Crippen molar-refractivity contribution >= 4 is 0 Å². The van der Waals surface area contributed by atoms with Crippen LogP contribution in [0.25, 0.3) is 10.4 Å². The van der Waals surface area contributed by atoms with Crippen molar-refractivity contribution in [2.45, 2.75) is 64.4 Å². The Balaban J connectivity index is 3.61. The molecule has 0 heterocycles. The van der Waals surface area contributed by atoms with E-state index in [2.05, 4.69) is 16.9 Å². The smallest absolute Gasteiger partial charge is 0.0809 e. The first-order chi connectivity index (χ1) is 10.3. The van der Waals surface area contributed by atoms with E-state index < -0.39 is 0 Å². The molecule has 0 aliphatic heterocycles. The molecule has 0 radical (unpaired) electrons. The van der Waals surface area contributed by atoms with Crippen molar-refractivity contribution in [3.8, 4) is 0 Å². The molecule has 0 amide bonds. The van der Waals surface area contributed by atoms with Gasteiger partial charge in [0.05, 0.1) is 25.9 Å². The Morgan fingerprint density at radius 1 is 1.10 bits per heavy atom. The highest BCUT2D eigenvalue weighted by atomic mass is 16.5. The minimum Gasteiger partial charge on any atom is -0.379 e. The van der Waals surface area contributed by atoms with Gasteiger partial charge in [0.2, 0.25) is 0 Å². The van der Waals surface area contributed by atoms with Crippen LogP contribution in [0.4, 0.5) is 0 Å². The number of hydrogen-bond donors (Lipinski definition) is 1. The molecule has 0 aromatic rings. The lowest BCUT2D eigenvalue weighted by molar-refractivity contribution is -0.0167. The molecular weight excluding hydrogens is 268 g/mol. The van der Waals surface area contributed by atoms with E-state index in [0.717, 1.165) is 6.42 Å². The number of unbranched alkanes of at least 4 members (excludes halogenated alkanes) is 6. The molecule has 1 unspecified atom stereocenters. The number of nitrogens with zero attached hydrogens (tertiary/aromatic N) is 3. The van der Waals surface area contributed by atoms with E-state index in [1.54, 1.807) is 0 Å². The van der Waals surface area contributed by atoms with Crippen molar-refractivity contribution in [1.29, 1.82) is 0 Å². The summed E-state index contributed by atoms with van der Waals surface area (Å²) in [5.74, 6) is 0. The van der Waals surface area contributed by atoms with E-state index in [1.165, 1.54) is 44.9 Å². The first kappa shape index (κ1) is 20.2. The van der Waals surface area contributed by atoms with Gasteiger partial charge in [0.1, 0.15) is 0 Å². The van der Waals surface area contributed by atoms with E-state index in [-0.39, 0.29) is 6.10 Å². The average molecular weight is 300 g/mol. The predicted octanol–water partition coefficient (Wildman–Crippen LogP) is 3.80. The van der Waals surface area contributed by atoms with Crippen LogP contribution in [0, 0.1) is 0 Å². The summed E-state index contributed by atoms with van der Waals surface area (Å²) < 4.78 is 11.2. The molecule has 0 bridgehead atoms. The van der Waals surface area contributed by atoms with E-state index in [9.17, 15) is 0 Å². The van der Waals surface area contributed by atoms with Crippen molar-refractivity contribution in [3.63, 3.8) is 0 Å². The van der Waals surface area contributed by atoms with E-state index >= 15 is 0 Å². The SMILES string of the molecule is CCCCCCCCCC(COCCN=[N+]=[N-])OCCN. The normalized spacial score (nSPS) is 12.1. The Morgan fingerprint density at radius 2 is 1.81 bits per heavy atom. The van der Waals surface area contributed by atoms with E-state index in [4.69, 9.17) is 20.7 Å². The fourth-order valence-electron chi connectivity index (χ4n) is 2.14. The van der Waals surface area contributed by atoms with Gasteiger partial charge < -0.3 is 15.2 Å². The van der Waals surface area contributed by atoms with Crippen molar-refractivity contribution in [1.82, 2.24) is 0 Å². The van der Waals surface area contributed by atoms with Gasteiger partial charge in [-0.25, -0.2) is 0 Å². The van der Waals surface area contributed by atoms with Gasteiger partial charge in [0, 0.05) is 18.0 Å². The van der Waals surface area contributed by atoms with Gasteiger partial charge in [-0.3, -0.25) is 0 Å². The third kappa shape index (κ3) is 15.4. The topological polar surface area (TPSA) is 93.2 Å². The van der Waals surface area contributed by atoms with Crippen LogP contribution in [-0.4, -0.2) is 39.0 Å². The molecule has 21 heavy (non-hydrogen) atoms. The summed E-state index contributed by atoms with van der Waals surface area (Å²) in [5.41, 5.74) is 13.6. The summed E-state index contributed by atoms with van der Waals surface area (Å²) in [4.78, 5) is 2.69. The molecule has 0 rings (SSSR count). The van der Waals surface area contributed by atoms with Crippen LogP contribution >= 0.6 is 0 Å². The maximum absolute atomic E-state index is 8.18. The van der Waals surface area contributed by atoms with Gasteiger partial charge in [-0.1, -0.05) is 57.0 Å². The number of ether oxygens (including phenoxy) is 2. The first-order valence-corrected chi connectivity index (χ1v) is 8.25. The lowest BCUT2D eigenvalue weighted by atomic mass is 10.1. The molecule has 0 saturated carbocycles. The highest BCUT2D eigenvalue weighted by Crippen LogP contribution is 2.11. The summed E-state index contributed by atoms with van der Waals surface area (Å²) in [6, 6.07) is 0. The fourth-order valence-corrected chi connectivity index (χ4v) is 2.14. The molecule has 0 aliphatic carbocycles. The molecule has 0 aromatic carbocycles. The van der Waals surface area contributed by atoms with Crippen LogP contribution < -0.4 is 5.73 Å². The Morgan fingerprint density at radius 3 is 2.48 bits per heavy atom. The lowest BCUT2D eigenvalue weighted by Crippen LogP contribution is -2.24. The Hall–Kier alpha value is -0.810. The maximum atomic E-state index is 8.18. The zero-order valence-electron chi connectivity index (χ0n) is 13.5. The number of azide groups is 1. The maximum Gasteiger partial charge on any atom is 0.0809 e. The van der Waals surface area contributed by atoms with Gasteiger partial charge >= 0.3 is 0 Å². The van der Waals surface area contributed by atoms with Crippen molar-refractivity contribution in [2.75, 3.05) is 32.9 Å². The number of nitrogens with two attached hydrogens (primary N) is 1. The minimum atomic E-state index is 0.107. The van der Waals surface area contributed by atoms with Gasteiger partial charge in [-0.15, -0.1) is 0 Å². The lowest BCUT2D eigenvalue weighted by Gasteiger charge is -2.17. The average Bonchev–Trinajstić information content (AvgIpc) is 2.50. The summed E-state index contributed by atoms with van der Waals surface area (Å²) in [6.07, 6.45) is 10.2. The highest BCUT2D eigenvalue weighted by molar-refractivity contribution is 4.59. The summed E-state index contributed by atoms with van der Waals surface area (Å²) in [6.45, 7) is 4.71. The van der Waals surface area contributed by atoms with Gasteiger partial charge in [0.15, 0.2) is 0 Å². The zero-order valence-corrected chi connectivity index (χ0v) is 13.5. The van der Waals surface area contributed by atoms with E-state index in [1.807, 2.05) is 0 Å². The molecule has 0 spiro atoms. The van der Waals surface area contributed by atoms with Crippen LogP contribution in [-0.2, 0) is 9.47 Å². The Bertz CT molecular complexity index is 258. The third-order valence-electron chi connectivity index (χ3n) is 3.30. The third-order valence-corrected chi connectivity index (χ3v) is 3.30. The molecule has 0 fully saturated rings. The van der Waals surface area contributed by atoms with Crippen LogP contribution in [0.1, 0.15) is 58.3 Å². The van der Waals surface area contributed by atoms with Gasteiger partial charge in [-0.05, 0) is 12.0 Å². The summed E-state index contributed by atoms with van der Waals surface area (Å²) in [5, 5.41) is 3.44. The number of rotatable bonds is 16. The van der Waals surface area contributed by atoms with E-state index in [0.29, 0.717) is 32.9 Å². The second kappa shape index (κ2) is 17.2. The molecule has 1 atom stereocenters. The van der Waals surface area contributed by atoms with Crippen molar-refractivity contribution < 1.29 is 9.47 Å². The Kier molecular flexibility index (Phi) is 16.6. The van der Waals surface area contributed by atoms with Crippen LogP contribution in [0.2, 0.25) is 0 Å². The highest BCUT2D eigenvalue weighted by Gasteiger charge is 2.08. The summed E-state index contributed by atoms with van der Waals surface area (Å²) >= 11 is 0. The number of hydrogen-bond acceptors (Lipinski definition) is 4. The monoisotopic (exact) mass is 300 g/mol. The largest absolute Gasteiger partial charge is 0.379 e. The summed E-state index contributed by atoms with van der Waals surface area (Å²) in [7, 11) is 0.